The van der Waals surface area contributed by atoms with Gasteiger partial charge in [0.1, 0.15) is 6.04 Å². The van der Waals surface area contributed by atoms with Crippen LogP contribution in [0.2, 0.25) is 0 Å². The highest BCUT2D eigenvalue weighted by Crippen LogP contribution is 2.16. The van der Waals surface area contributed by atoms with E-state index in [0.29, 0.717) is 5.69 Å². The monoisotopic (exact) mass is 418 g/mol. The Morgan fingerprint density at radius 1 is 1.00 bits per heavy atom. The number of carboxylic acids is 1. The number of para-hydroxylation sites is 1. The lowest BCUT2D eigenvalue weighted by Gasteiger charge is -2.18. The number of anilines is 1. The number of amides is 2. The topological polar surface area (TPSA) is 95.5 Å². The molecule has 2 rings (SSSR count). The molecule has 0 radical (unpaired) electrons. The Morgan fingerprint density at radius 3 is 2.31 bits per heavy atom. The maximum Gasteiger partial charge on any atom is 0.303 e. The molecule has 0 aliphatic rings. The van der Waals surface area contributed by atoms with E-state index in [1.807, 2.05) is 24.3 Å². The summed E-state index contributed by atoms with van der Waals surface area (Å²) in [6.07, 6.45) is -0.124. The first-order chi connectivity index (χ1) is 12.5. The molecule has 0 fully saturated rings. The number of carbonyl (C=O) groups excluding carboxylic acids is 2. The van der Waals surface area contributed by atoms with Crippen LogP contribution in [0.1, 0.15) is 18.4 Å². The SMILES string of the molecule is O=C(O)CC[C@H](NC(=O)Cc1ccccc1Br)C(=O)Nc1ccccc1. The first-order valence-corrected chi connectivity index (χ1v) is 8.85. The van der Waals surface area contributed by atoms with Crippen molar-refractivity contribution in [2.45, 2.75) is 25.3 Å². The summed E-state index contributed by atoms with van der Waals surface area (Å²) >= 11 is 3.38. The van der Waals surface area contributed by atoms with E-state index in [2.05, 4.69) is 26.6 Å². The van der Waals surface area contributed by atoms with Crippen molar-refractivity contribution < 1.29 is 19.5 Å². The van der Waals surface area contributed by atoms with Crippen LogP contribution in [0.25, 0.3) is 0 Å². The van der Waals surface area contributed by atoms with Crippen molar-refractivity contribution >= 4 is 39.4 Å². The number of carbonyl (C=O) groups is 3. The highest BCUT2D eigenvalue weighted by molar-refractivity contribution is 9.10. The van der Waals surface area contributed by atoms with Crippen molar-refractivity contribution in [3.05, 3.63) is 64.6 Å². The molecule has 3 N–H and O–H groups in total. The van der Waals surface area contributed by atoms with E-state index in [9.17, 15) is 14.4 Å². The van der Waals surface area contributed by atoms with Gasteiger partial charge in [0, 0.05) is 16.6 Å². The molecule has 0 aliphatic heterocycles. The lowest BCUT2D eigenvalue weighted by molar-refractivity contribution is -0.137. The molecule has 0 spiro atoms. The largest absolute Gasteiger partial charge is 0.481 e. The molecular formula is C19H19BrN2O4. The van der Waals surface area contributed by atoms with Crippen molar-refractivity contribution in [1.29, 1.82) is 0 Å². The molecule has 2 amide bonds. The Labute approximate surface area is 159 Å². The fraction of sp³-hybridized carbons (Fsp3) is 0.211. The van der Waals surface area contributed by atoms with Crippen molar-refractivity contribution in [3.63, 3.8) is 0 Å². The van der Waals surface area contributed by atoms with Gasteiger partial charge in [-0.05, 0) is 30.2 Å². The van der Waals surface area contributed by atoms with E-state index in [1.54, 1.807) is 30.3 Å². The number of aliphatic carboxylic acids is 1. The minimum atomic E-state index is -1.03. The Balaban J connectivity index is 2.03. The average Bonchev–Trinajstić information content (AvgIpc) is 2.61. The first-order valence-electron chi connectivity index (χ1n) is 8.06. The third-order valence-electron chi connectivity index (χ3n) is 3.65. The maximum atomic E-state index is 12.5. The molecule has 26 heavy (non-hydrogen) atoms. The third-order valence-corrected chi connectivity index (χ3v) is 4.42. The van der Waals surface area contributed by atoms with Crippen LogP contribution in [0.5, 0.6) is 0 Å². The summed E-state index contributed by atoms with van der Waals surface area (Å²) in [5.74, 6) is -1.82. The molecular weight excluding hydrogens is 400 g/mol. The van der Waals surface area contributed by atoms with Crippen LogP contribution < -0.4 is 10.6 Å². The zero-order chi connectivity index (χ0) is 18.9. The van der Waals surface area contributed by atoms with Crippen molar-refractivity contribution in [2.24, 2.45) is 0 Å². The summed E-state index contributed by atoms with van der Waals surface area (Å²) < 4.78 is 0.797. The van der Waals surface area contributed by atoms with E-state index in [-0.39, 0.29) is 25.2 Å². The number of carboxylic acid groups (broad SMARTS) is 1. The van der Waals surface area contributed by atoms with Crippen LogP contribution in [0, 0.1) is 0 Å². The van der Waals surface area contributed by atoms with Crippen LogP contribution >= 0.6 is 15.9 Å². The van der Waals surface area contributed by atoms with Gasteiger partial charge in [-0.3, -0.25) is 14.4 Å². The molecule has 0 unspecified atom stereocenters. The van der Waals surface area contributed by atoms with Crippen LogP contribution in [0.15, 0.2) is 59.1 Å². The number of halogens is 1. The summed E-state index contributed by atoms with van der Waals surface area (Å²) in [5.41, 5.74) is 1.36. The van der Waals surface area contributed by atoms with Gasteiger partial charge in [0.15, 0.2) is 0 Å². The number of benzene rings is 2. The van der Waals surface area contributed by atoms with E-state index >= 15 is 0 Å². The number of nitrogens with one attached hydrogen (secondary N) is 2. The van der Waals surface area contributed by atoms with Crippen LogP contribution in [-0.2, 0) is 20.8 Å². The molecule has 2 aromatic carbocycles. The standard InChI is InChI=1S/C19H19BrN2O4/c20-15-9-5-4-6-13(15)12-17(23)22-16(10-11-18(24)25)19(26)21-14-7-2-1-3-8-14/h1-9,16H,10-12H2,(H,21,26)(H,22,23)(H,24,25)/t16-/m0/s1. The minimum absolute atomic E-state index is 0.00962. The van der Waals surface area contributed by atoms with Crippen LogP contribution in [0.3, 0.4) is 0 Å². The predicted molar refractivity (Wildman–Crippen MR) is 102 cm³/mol. The Hall–Kier alpha value is -2.67. The Kier molecular flexibility index (Phi) is 7.35. The van der Waals surface area contributed by atoms with Gasteiger partial charge >= 0.3 is 5.97 Å². The zero-order valence-electron chi connectivity index (χ0n) is 13.9. The summed E-state index contributed by atoms with van der Waals surface area (Å²) in [4.78, 5) is 35.6. The van der Waals surface area contributed by atoms with E-state index < -0.39 is 17.9 Å². The van der Waals surface area contributed by atoms with Gasteiger partial charge in [0.2, 0.25) is 11.8 Å². The highest BCUT2D eigenvalue weighted by atomic mass is 79.9. The van der Waals surface area contributed by atoms with E-state index in [1.165, 1.54) is 0 Å². The van der Waals surface area contributed by atoms with Gasteiger partial charge in [0.05, 0.1) is 6.42 Å². The van der Waals surface area contributed by atoms with Crippen molar-refractivity contribution in [1.82, 2.24) is 5.32 Å². The summed E-state index contributed by atoms with van der Waals surface area (Å²) in [6.45, 7) is 0. The normalized spacial score (nSPS) is 11.4. The second-order valence-corrected chi connectivity index (χ2v) is 6.53. The molecule has 7 heteroatoms. The van der Waals surface area contributed by atoms with Gasteiger partial charge in [0.25, 0.3) is 0 Å². The molecule has 0 saturated carbocycles. The molecule has 0 heterocycles. The molecule has 2 aromatic rings. The first kappa shape index (κ1) is 19.7. The second kappa shape index (κ2) is 9.72. The zero-order valence-corrected chi connectivity index (χ0v) is 15.5. The molecule has 0 aliphatic carbocycles. The second-order valence-electron chi connectivity index (χ2n) is 5.68. The van der Waals surface area contributed by atoms with Crippen molar-refractivity contribution in [2.75, 3.05) is 5.32 Å². The molecule has 0 aromatic heterocycles. The lowest BCUT2D eigenvalue weighted by Crippen LogP contribution is -2.44. The average molecular weight is 419 g/mol. The molecule has 0 bridgehead atoms. The van der Waals surface area contributed by atoms with Crippen LogP contribution in [0.4, 0.5) is 5.69 Å². The lowest BCUT2D eigenvalue weighted by atomic mass is 10.1. The third kappa shape index (κ3) is 6.33. The fourth-order valence-corrected chi connectivity index (χ4v) is 2.77. The molecule has 136 valence electrons. The number of rotatable bonds is 8. The van der Waals surface area contributed by atoms with Gasteiger partial charge in [-0.1, -0.05) is 52.3 Å². The van der Waals surface area contributed by atoms with Crippen LogP contribution in [-0.4, -0.2) is 28.9 Å². The Bertz CT molecular complexity index is 780. The van der Waals surface area contributed by atoms with Gasteiger partial charge in [-0.15, -0.1) is 0 Å². The smallest absolute Gasteiger partial charge is 0.303 e. The predicted octanol–water partition coefficient (Wildman–Crippen LogP) is 2.98. The number of hydrogen-bond donors (Lipinski definition) is 3. The minimum Gasteiger partial charge on any atom is -0.481 e. The fourth-order valence-electron chi connectivity index (χ4n) is 2.35. The van der Waals surface area contributed by atoms with Gasteiger partial charge in [-0.25, -0.2) is 0 Å². The number of hydrogen-bond acceptors (Lipinski definition) is 3. The van der Waals surface area contributed by atoms with E-state index in [4.69, 9.17) is 5.11 Å². The summed E-state index contributed by atoms with van der Waals surface area (Å²) in [5, 5.41) is 14.2. The van der Waals surface area contributed by atoms with Gasteiger partial charge in [-0.2, -0.15) is 0 Å². The highest BCUT2D eigenvalue weighted by Gasteiger charge is 2.22. The van der Waals surface area contributed by atoms with Gasteiger partial charge < -0.3 is 15.7 Å². The maximum absolute atomic E-state index is 12.5. The Morgan fingerprint density at radius 2 is 1.65 bits per heavy atom. The van der Waals surface area contributed by atoms with Crippen molar-refractivity contribution in [3.8, 4) is 0 Å². The summed E-state index contributed by atoms with van der Waals surface area (Å²) in [7, 11) is 0. The molecule has 0 saturated heterocycles. The quantitative estimate of drug-likeness (QED) is 0.613. The molecule has 6 nitrogen and oxygen atoms in total. The molecule has 1 atom stereocenters. The van der Waals surface area contributed by atoms with E-state index in [0.717, 1.165) is 10.0 Å². The summed E-state index contributed by atoms with van der Waals surface area (Å²) in [6, 6.07) is 15.2.